The first-order valence-corrected chi connectivity index (χ1v) is 8.83. The van der Waals surface area contributed by atoms with Gasteiger partial charge in [-0.25, -0.2) is 21.2 Å². The van der Waals surface area contributed by atoms with E-state index in [9.17, 15) is 30.0 Å². The molecular weight excluding hydrogens is 436 g/mol. The van der Waals surface area contributed by atoms with Crippen LogP contribution in [0.15, 0.2) is 0 Å². The van der Waals surface area contributed by atoms with Crippen molar-refractivity contribution in [3.05, 3.63) is 0 Å². The molecule has 0 aliphatic carbocycles. The highest BCUT2D eigenvalue weighted by molar-refractivity contribution is 14.1. The lowest BCUT2D eigenvalue weighted by atomic mass is 10.4. The number of hydrogen-bond acceptors (Lipinski definition) is 4. The zero-order valence-electron chi connectivity index (χ0n) is 8.06. The van der Waals surface area contributed by atoms with Crippen molar-refractivity contribution in [3.8, 4) is 0 Å². The fourth-order valence-electron chi connectivity index (χ4n) is 1.06. The SMILES string of the molecule is CN1S(=O)(=O)C(F)(P)C(F)(F)C(P)(I)S1(=O)=O. The average molecular weight is 443 g/mol. The molecule has 0 saturated carbocycles. The van der Waals surface area contributed by atoms with E-state index in [0.717, 1.165) is 31.8 Å². The molecule has 13 heteroatoms. The van der Waals surface area contributed by atoms with Crippen molar-refractivity contribution in [2.24, 2.45) is 0 Å². The fraction of sp³-hybridized carbons (Fsp3) is 1.00. The normalized spacial score (nSPS) is 44.4. The molecule has 0 aromatic heterocycles. The third-order valence-electron chi connectivity index (χ3n) is 2.28. The van der Waals surface area contributed by atoms with E-state index in [1.165, 1.54) is 9.24 Å². The Balaban J connectivity index is 3.82. The highest BCUT2D eigenvalue weighted by Gasteiger charge is 2.80. The molecule has 0 amide bonds. The monoisotopic (exact) mass is 443 g/mol. The fourth-order valence-corrected chi connectivity index (χ4v) is 8.92. The maximum Gasteiger partial charge on any atom is 0.333 e. The average Bonchev–Trinajstić information content (AvgIpc) is 2.13. The molecule has 102 valence electrons. The molecule has 1 aliphatic rings. The van der Waals surface area contributed by atoms with Gasteiger partial charge in [-0.2, -0.15) is 8.78 Å². The van der Waals surface area contributed by atoms with Gasteiger partial charge in [0.15, 0.2) is 0 Å². The van der Waals surface area contributed by atoms with Crippen molar-refractivity contribution < 1.29 is 30.0 Å². The van der Waals surface area contributed by atoms with Crippen LogP contribution in [0.4, 0.5) is 13.2 Å². The first kappa shape index (κ1) is 16.3. The zero-order chi connectivity index (χ0) is 14.1. The summed E-state index contributed by atoms with van der Waals surface area (Å²) in [5, 5.41) is 0. The molecule has 0 aromatic carbocycles. The van der Waals surface area contributed by atoms with Gasteiger partial charge in [-0.1, -0.05) is 22.2 Å². The molecule has 0 radical (unpaired) electrons. The number of halogens is 4. The molecule has 4 unspecified atom stereocenters. The van der Waals surface area contributed by atoms with Crippen LogP contribution in [0.2, 0.25) is 0 Å². The summed E-state index contributed by atoms with van der Waals surface area (Å²) < 4.78 is 79.8. The summed E-state index contributed by atoms with van der Waals surface area (Å²) in [6, 6.07) is 0. The highest BCUT2D eigenvalue weighted by atomic mass is 127. The predicted molar refractivity (Wildman–Crippen MR) is 70.6 cm³/mol. The van der Waals surface area contributed by atoms with Gasteiger partial charge in [0.1, 0.15) is 0 Å². The molecule has 1 aliphatic heterocycles. The van der Waals surface area contributed by atoms with Gasteiger partial charge in [-0.3, -0.25) is 0 Å². The van der Waals surface area contributed by atoms with E-state index in [1.54, 1.807) is 0 Å². The third kappa shape index (κ3) is 1.65. The molecule has 1 fully saturated rings. The van der Waals surface area contributed by atoms with E-state index in [2.05, 4.69) is 0 Å². The summed E-state index contributed by atoms with van der Waals surface area (Å²) >= 11 is 0.799. The maximum absolute atomic E-state index is 13.8. The van der Waals surface area contributed by atoms with Crippen molar-refractivity contribution in [1.82, 2.24) is 3.71 Å². The number of sulfonamides is 2. The summed E-state index contributed by atoms with van der Waals surface area (Å²) in [5.41, 5.74) is 0. The van der Waals surface area contributed by atoms with Crippen LogP contribution in [0, 0.1) is 0 Å². The smallest absolute Gasteiger partial charge is 0.213 e. The molecule has 17 heavy (non-hydrogen) atoms. The first-order chi connectivity index (χ1) is 7.15. The standard InChI is InChI=1S/C4H7F3INO4P2S2/c1-9-16(10,11)3(7,14)2(5,6)4(8,15)17(9,12)13/h14-15H2,1H3. The van der Waals surface area contributed by atoms with Crippen molar-refractivity contribution >= 4 is 61.1 Å². The topological polar surface area (TPSA) is 71.5 Å². The number of alkyl halides is 4. The van der Waals surface area contributed by atoms with E-state index < -0.39 is 33.2 Å². The minimum Gasteiger partial charge on any atom is -0.213 e. The number of nitrogens with zero attached hydrogens (tertiary/aromatic N) is 1. The van der Waals surface area contributed by atoms with Gasteiger partial charge in [0.2, 0.25) is 2.49 Å². The van der Waals surface area contributed by atoms with Gasteiger partial charge in [-0.15, -0.1) is 0 Å². The van der Waals surface area contributed by atoms with Crippen LogP contribution in [-0.2, 0) is 20.0 Å². The van der Waals surface area contributed by atoms with Gasteiger partial charge >= 0.3 is 10.7 Å². The Kier molecular flexibility index (Phi) is 3.72. The lowest BCUT2D eigenvalue weighted by molar-refractivity contribution is -0.0501. The van der Waals surface area contributed by atoms with Crippen LogP contribution in [0.1, 0.15) is 0 Å². The molecule has 1 rings (SSSR count). The van der Waals surface area contributed by atoms with Crippen LogP contribution in [0.5, 0.6) is 0 Å². The van der Waals surface area contributed by atoms with Crippen molar-refractivity contribution in [2.75, 3.05) is 7.05 Å². The Labute approximate surface area is 115 Å². The van der Waals surface area contributed by atoms with E-state index in [1.807, 2.05) is 0 Å². The lowest BCUT2D eigenvalue weighted by Gasteiger charge is -2.45. The molecule has 0 spiro atoms. The van der Waals surface area contributed by atoms with Crippen LogP contribution < -0.4 is 0 Å². The summed E-state index contributed by atoms with van der Waals surface area (Å²) in [6.07, 6.45) is 0. The second kappa shape index (κ2) is 3.88. The molecule has 5 nitrogen and oxygen atoms in total. The van der Waals surface area contributed by atoms with Crippen molar-refractivity contribution in [3.63, 3.8) is 0 Å². The minimum atomic E-state index is -5.35. The van der Waals surface area contributed by atoms with E-state index >= 15 is 0 Å². The van der Waals surface area contributed by atoms with E-state index in [0.29, 0.717) is 7.05 Å². The second-order valence-electron chi connectivity index (χ2n) is 3.25. The summed E-state index contributed by atoms with van der Waals surface area (Å²) in [7, 11) is -7.62. The zero-order valence-corrected chi connectivity index (χ0v) is 14.2. The molecule has 4 atom stereocenters. The summed E-state index contributed by atoms with van der Waals surface area (Å²) in [6.45, 7) is 0. The highest BCUT2D eigenvalue weighted by Crippen LogP contribution is 2.62. The number of hydrogen-bond donors (Lipinski definition) is 0. The van der Waals surface area contributed by atoms with Crippen LogP contribution in [0.25, 0.3) is 0 Å². The molecule has 1 heterocycles. The summed E-state index contributed by atoms with van der Waals surface area (Å²) in [5.74, 6) is -4.65. The van der Waals surface area contributed by atoms with Gasteiger partial charge in [0, 0.05) is 7.05 Å². The third-order valence-corrected chi connectivity index (χ3v) is 11.7. The Hall–Kier alpha value is 1.24. The van der Waals surface area contributed by atoms with Gasteiger partial charge in [-0.05, 0) is 22.6 Å². The predicted octanol–water partition coefficient (Wildman–Crippen LogP) is 0.689. The second-order valence-corrected chi connectivity index (χ2v) is 13.8. The van der Waals surface area contributed by atoms with Gasteiger partial charge < -0.3 is 0 Å². The Morgan fingerprint density at radius 3 is 1.76 bits per heavy atom. The van der Waals surface area contributed by atoms with Crippen LogP contribution in [0.3, 0.4) is 0 Å². The van der Waals surface area contributed by atoms with Gasteiger partial charge in [0.25, 0.3) is 20.0 Å². The van der Waals surface area contributed by atoms with E-state index in [4.69, 9.17) is 0 Å². The molecule has 0 aromatic rings. The molecule has 0 N–H and O–H groups in total. The first-order valence-electron chi connectivity index (χ1n) is 3.72. The largest absolute Gasteiger partial charge is 0.333 e. The lowest BCUT2D eigenvalue weighted by Crippen LogP contribution is -2.68. The van der Waals surface area contributed by atoms with Crippen LogP contribution in [-0.4, -0.2) is 40.8 Å². The quantitative estimate of drug-likeness (QED) is 0.314. The Morgan fingerprint density at radius 1 is 1.06 bits per heavy atom. The molecule has 1 saturated heterocycles. The van der Waals surface area contributed by atoms with E-state index in [-0.39, 0.29) is 3.71 Å². The van der Waals surface area contributed by atoms with Crippen molar-refractivity contribution in [2.45, 2.75) is 13.2 Å². The molecule has 0 bridgehead atoms. The maximum atomic E-state index is 13.8. The summed E-state index contributed by atoms with van der Waals surface area (Å²) in [4.78, 5) is 0. The van der Waals surface area contributed by atoms with Crippen LogP contribution >= 0.6 is 41.1 Å². The minimum absolute atomic E-state index is 0.371. The van der Waals surface area contributed by atoms with Crippen molar-refractivity contribution in [1.29, 1.82) is 0 Å². The number of rotatable bonds is 0. The molecular formula is C4H7F3INO4P2S2. The van der Waals surface area contributed by atoms with Gasteiger partial charge in [0.05, 0.1) is 0 Å². The Bertz CT molecular complexity index is 511. The Morgan fingerprint density at radius 2 is 1.41 bits per heavy atom.